The van der Waals surface area contributed by atoms with Gasteiger partial charge >= 0.3 is 0 Å². The van der Waals surface area contributed by atoms with Crippen molar-refractivity contribution in [2.24, 2.45) is 0 Å². The molecule has 0 aromatic heterocycles. The van der Waals surface area contributed by atoms with Crippen LogP contribution in [0.25, 0.3) is 10.8 Å². The van der Waals surface area contributed by atoms with Crippen LogP contribution in [0, 0.1) is 0 Å². The Labute approximate surface area is 181 Å². The molecule has 0 saturated carbocycles. The second-order valence-corrected chi connectivity index (χ2v) is 8.52. The van der Waals surface area contributed by atoms with Gasteiger partial charge in [-0.05, 0) is 17.9 Å². The fourth-order valence-electron chi connectivity index (χ4n) is 3.24. The lowest BCUT2D eigenvalue weighted by Gasteiger charge is -2.08. The molecule has 0 aliphatic rings. The molecule has 2 aromatic rings. The molecule has 0 saturated heterocycles. The van der Waals surface area contributed by atoms with Crippen LogP contribution in [0.3, 0.4) is 0 Å². The molecule has 27 heavy (non-hydrogen) atoms. The Kier molecular flexibility index (Phi) is 12.2. The maximum absolute atomic E-state index is 12.5. The van der Waals surface area contributed by atoms with Gasteiger partial charge in [0.1, 0.15) is 4.90 Å². The monoisotopic (exact) mass is 400 g/mol. The number of fused-ring (bicyclic) bond motifs is 1. The second kappa shape index (κ2) is 13.5. The molecule has 0 aliphatic carbocycles. The van der Waals surface area contributed by atoms with E-state index in [2.05, 4.69) is 6.92 Å². The smallest absolute Gasteiger partial charge is 0.266 e. The van der Waals surface area contributed by atoms with Gasteiger partial charge in [-0.3, -0.25) is 4.18 Å². The van der Waals surface area contributed by atoms with Gasteiger partial charge < -0.3 is 0 Å². The Morgan fingerprint density at radius 1 is 0.741 bits per heavy atom. The summed E-state index contributed by atoms with van der Waals surface area (Å²) < 4.78 is 30.2. The summed E-state index contributed by atoms with van der Waals surface area (Å²) in [4.78, 5) is 0.266. The highest BCUT2D eigenvalue weighted by Crippen LogP contribution is 2.24. The molecular formula is C22H32MgO3S. The molecule has 3 nitrogen and oxygen atoms in total. The van der Waals surface area contributed by atoms with Gasteiger partial charge in [-0.1, -0.05) is 101 Å². The number of hydrogen-bond donors (Lipinski definition) is 0. The average Bonchev–Trinajstić information content (AvgIpc) is 2.65. The van der Waals surface area contributed by atoms with Gasteiger partial charge in [0.15, 0.2) is 0 Å². The third-order valence-electron chi connectivity index (χ3n) is 4.76. The summed E-state index contributed by atoms with van der Waals surface area (Å²) in [6.45, 7) is 2.50. The van der Waals surface area contributed by atoms with Gasteiger partial charge in [0.25, 0.3) is 10.1 Å². The van der Waals surface area contributed by atoms with Crippen molar-refractivity contribution in [3.63, 3.8) is 0 Å². The third-order valence-corrected chi connectivity index (χ3v) is 6.13. The Morgan fingerprint density at radius 3 is 1.96 bits per heavy atom. The standard InChI is InChI=1S/C22H32O3S.Mg/c1-2-3-4-5-6-7-8-9-10-13-19-25-26(23,24)22-18-14-16-20-15-11-12-17-21(20)22;/h11-12,14-18H,2-10,13,19H2,1H3;. The number of unbranched alkanes of at least 4 members (excludes halogenated alkanes) is 9. The van der Waals surface area contributed by atoms with E-state index in [0.29, 0.717) is 0 Å². The highest BCUT2D eigenvalue weighted by molar-refractivity contribution is 7.87. The zero-order chi connectivity index (χ0) is 18.7. The van der Waals surface area contributed by atoms with Crippen molar-refractivity contribution in [3.8, 4) is 0 Å². The molecule has 0 heterocycles. The molecule has 146 valence electrons. The van der Waals surface area contributed by atoms with Crippen LogP contribution in [0.2, 0.25) is 0 Å². The molecule has 2 aromatic carbocycles. The zero-order valence-electron chi connectivity index (χ0n) is 16.7. The first-order valence-corrected chi connectivity index (χ1v) is 11.4. The Bertz CT molecular complexity index is 754. The third kappa shape index (κ3) is 8.51. The van der Waals surface area contributed by atoms with Crippen molar-refractivity contribution in [1.29, 1.82) is 0 Å². The first kappa shape index (κ1) is 24.4. The second-order valence-electron chi connectivity index (χ2n) is 6.94. The van der Waals surface area contributed by atoms with Crippen LogP contribution in [0.15, 0.2) is 47.4 Å². The van der Waals surface area contributed by atoms with Gasteiger partial charge in [-0.25, -0.2) is 0 Å². The largest absolute Gasteiger partial charge is 0.297 e. The maximum atomic E-state index is 12.5. The van der Waals surface area contributed by atoms with E-state index >= 15 is 0 Å². The van der Waals surface area contributed by atoms with Crippen molar-refractivity contribution in [1.82, 2.24) is 0 Å². The van der Waals surface area contributed by atoms with E-state index in [4.69, 9.17) is 4.18 Å². The summed E-state index contributed by atoms with van der Waals surface area (Å²) in [7, 11) is -3.70. The summed E-state index contributed by atoms with van der Waals surface area (Å²) in [5.74, 6) is 0. The highest BCUT2D eigenvalue weighted by Gasteiger charge is 2.17. The minimum atomic E-state index is -3.70. The number of rotatable bonds is 13. The van der Waals surface area contributed by atoms with Gasteiger partial charge in [0, 0.05) is 28.4 Å². The lowest BCUT2D eigenvalue weighted by molar-refractivity contribution is 0.306. The Balaban J connectivity index is 0.00000364. The van der Waals surface area contributed by atoms with E-state index in [1.807, 2.05) is 30.3 Å². The van der Waals surface area contributed by atoms with E-state index in [1.165, 1.54) is 44.9 Å². The van der Waals surface area contributed by atoms with Crippen LogP contribution in [-0.4, -0.2) is 38.1 Å². The summed E-state index contributed by atoms with van der Waals surface area (Å²) in [5, 5.41) is 1.63. The fraction of sp³-hybridized carbons (Fsp3) is 0.545. The molecule has 2 radical (unpaired) electrons. The Hall–Kier alpha value is -0.624. The lowest BCUT2D eigenvalue weighted by atomic mass is 10.1. The van der Waals surface area contributed by atoms with Crippen LogP contribution < -0.4 is 0 Å². The van der Waals surface area contributed by atoms with Crippen LogP contribution in [0.1, 0.15) is 71.1 Å². The molecule has 0 N–H and O–H groups in total. The first-order chi connectivity index (χ1) is 12.6. The quantitative estimate of drug-likeness (QED) is 0.232. The fourth-order valence-corrected chi connectivity index (χ4v) is 4.40. The Morgan fingerprint density at radius 2 is 1.30 bits per heavy atom. The lowest BCUT2D eigenvalue weighted by Crippen LogP contribution is -2.08. The molecule has 0 amide bonds. The number of hydrogen-bond acceptors (Lipinski definition) is 3. The molecule has 0 aliphatic heterocycles. The normalized spacial score (nSPS) is 11.4. The van der Waals surface area contributed by atoms with Crippen LogP contribution >= 0.6 is 0 Å². The molecule has 0 unspecified atom stereocenters. The molecule has 0 bridgehead atoms. The summed E-state index contributed by atoms with van der Waals surface area (Å²) in [6, 6.07) is 12.8. The van der Waals surface area contributed by atoms with E-state index in [0.717, 1.165) is 30.0 Å². The van der Waals surface area contributed by atoms with Crippen molar-refractivity contribution < 1.29 is 12.6 Å². The first-order valence-electron chi connectivity index (χ1n) is 10.0. The van der Waals surface area contributed by atoms with Crippen LogP contribution in [0.4, 0.5) is 0 Å². The molecule has 5 heteroatoms. The highest BCUT2D eigenvalue weighted by atomic mass is 32.2. The van der Waals surface area contributed by atoms with Crippen molar-refractivity contribution in [2.75, 3.05) is 6.61 Å². The average molecular weight is 401 g/mol. The minimum Gasteiger partial charge on any atom is -0.266 e. The van der Waals surface area contributed by atoms with Crippen LogP contribution in [-0.2, 0) is 14.3 Å². The zero-order valence-corrected chi connectivity index (χ0v) is 18.9. The van der Waals surface area contributed by atoms with Gasteiger partial charge in [-0.2, -0.15) is 8.42 Å². The molecular weight excluding hydrogens is 369 g/mol. The van der Waals surface area contributed by atoms with Gasteiger partial charge in [0.2, 0.25) is 0 Å². The molecule has 2 rings (SSSR count). The molecule has 0 fully saturated rings. The molecule has 0 atom stereocenters. The molecule has 0 spiro atoms. The van der Waals surface area contributed by atoms with E-state index < -0.39 is 10.1 Å². The minimum absolute atomic E-state index is 0. The SMILES string of the molecule is CCCCCCCCCCCCOS(=O)(=O)c1cccc2ccccc12.[Mg]. The van der Waals surface area contributed by atoms with Crippen molar-refractivity contribution >= 4 is 43.9 Å². The maximum Gasteiger partial charge on any atom is 0.297 e. The van der Waals surface area contributed by atoms with E-state index in [-0.39, 0.29) is 34.6 Å². The topological polar surface area (TPSA) is 43.4 Å². The predicted molar refractivity (Wildman–Crippen MR) is 115 cm³/mol. The summed E-state index contributed by atoms with van der Waals surface area (Å²) >= 11 is 0. The van der Waals surface area contributed by atoms with Gasteiger partial charge in [0.05, 0.1) is 6.61 Å². The van der Waals surface area contributed by atoms with Crippen molar-refractivity contribution in [3.05, 3.63) is 42.5 Å². The van der Waals surface area contributed by atoms with Crippen molar-refractivity contribution in [2.45, 2.75) is 76.0 Å². The van der Waals surface area contributed by atoms with Gasteiger partial charge in [-0.15, -0.1) is 0 Å². The number of benzene rings is 2. The van der Waals surface area contributed by atoms with E-state index in [1.54, 1.807) is 12.1 Å². The summed E-state index contributed by atoms with van der Waals surface area (Å²) in [6.07, 6.45) is 12.2. The predicted octanol–water partition coefficient (Wildman–Crippen LogP) is 6.09. The summed E-state index contributed by atoms with van der Waals surface area (Å²) in [5.41, 5.74) is 0. The van der Waals surface area contributed by atoms with Crippen LogP contribution in [0.5, 0.6) is 0 Å². The van der Waals surface area contributed by atoms with E-state index in [9.17, 15) is 8.42 Å².